The van der Waals surface area contributed by atoms with Gasteiger partial charge in [-0.05, 0) is 36.8 Å². The second kappa shape index (κ2) is 6.26. The van der Waals surface area contributed by atoms with E-state index in [9.17, 15) is 4.79 Å². The zero-order valence-corrected chi connectivity index (χ0v) is 12.1. The average Bonchev–Trinajstić information content (AvgIpc) is 3.24. The van der Waals surface area contributed by atoms with Crippen molar-refractivity contribution in [3.63, 3.8) is 0 Å². The number of carbonyl (C=O) groups is 1. The van der Waals surface area contributed by atoms with Crippen LogP contribution >= 0.6 is 0 Å². The number of hydrogen-bond donors (Lipinski definition) is 1. The van der Waals surface area contributed by atoms with Crippen molar-refractivity contribution >= 4 is 5.91 Å². The van der Waals surface area contributed by atoms with Gasteiger partial charge in [-0.15, -0.1) is 0 Å². The van der Waals surface area contributed by atoms with Gasteiger partial charge >= 0.3 is 0 Å². The molecule has 6 heteroatoms. The summed E-state index contributed by atoms with van der Waals surface area (Å²) >= 11 is 0. The molecule has 3 aromatic heterocycles. The number of furan rings is 1. The summed E-state index contributed by atoms with van der Waals surface area (Å²) in [5.74, 6) is 0.665. The van der Waals surface area contributed by atoms with Crippen molar-refractivity contribution < 1.29 is 9.21 Å². The predicted molar refractivity (Wildman–Crippen MR) is 80.7 cm³/mol. The van der Waals surface area contributed by atoms with Crippen molar-refractivity contribution in [2.24, 2.45) is 0 Å². The maximum absolute atomic E-state index is 12.1. The van der Waals surface area contributed by atoms with Crippen LogP contribution in [0, 0.1) is 0 Å². The van der Waals surface area contributed by atoms with Gasteiger partial charge in [-0.25, -0.2) is 0 Å². The van der Waals surface area contributed by atoms with Gasteiger partial charge in [0.15, 0.2) is 0 Å². The number of rotatable bonds is 5. The summed E-state index contributed by atoms with van der Waals surface area (Å²) in [6.07, 6.45) is 8.50. The fourth-order valence-corrected chi connectivity index (χ4v) is 2.13. The highest BCUT2D eigenvalue weighted by Crippen LogP contribution is 2.19. The van der Waals surface area contributed by atoms with Crippen molar-refractivity contribution in [2.45, 2.75) is 19.5 Å². The molecule has 0 bridgehead atoms. The van der Waals surface area contributed by atoms with E-state index >= 15 is 0 Å². The lowest BCUT2D eigenvalue weighted by molar-refractivity contribution is -0.124. The molecule has 1 N–H and O–H groups in total. The van der Waals surface area contributed by atoms with Crippen molar-refractivity contribution in [3.05, 3.63) is 60.9 Å². The quantitative estimate of drug-likeness (QED) is 0.784. The first-order valence-electron chi connectivity index (χ1n) is 6.98. The highest BCUT2D eigenvalue weighted by Gasteiger charge is 2.14. The van der Waals surface area contributed by atoms with Crippen LogP contribution in [0.3, 0.4) is 0 Å². The van der Waals surface area contributed by atoms with Crippen molar-refractivity contribution in [1.82, 2.24) is 20.1 Å². The van der Waals surface area contributed by atoms with Gasteiger partial charge in [0.1, 0.15) is 11.8 Å². The molecule has 0 saturated heterocycles. The standard InChI is InChI=1S/C16H16N4O2/c1-12(20-6-3-5-19-20)16(21)18-10-13-8-14(11-17-9-13)15-4-2-7-22-15/h2-9,11-12H,10H2,1H3,(H,18,21). The molecule has 3 aromatic rings. The lowest BCUT2D eigenvalue weighted by Crippen LogP contribution is -2.30. The zero-order chi connectivity index (χ0) is 15.4. The van der Waals surface area contributed by atoms with E-state index in [-0.39, 0.29) is 11.9 Å². The van der Waals surface area contributed by atoms with Gasteiger partial charge in [-0.3, -0.25) is 14.5 Å². The number of amides is 1. The molecule has 0 aliphatic heterocycles. The average molecular weight is 296 g/mol. The molecule has 112 valence electrons. The van der Waals surface area contributed by atoms with Gasteiger partial charge < -0.3 is 9.73 Å². The van der Waals surface area contributed by atoms with Crippen LogP contribution in [-0.2, 0) is 11.3 Å². The third-order valence-corrected chi connectivity index (χ3v) is 3.37. The van der Waals surface area contributed by atoms with Gasteiger partial charge in [0.25, 0.3) is 0 Å². The fraction of sp³-hybridized carbons (Fsp3) is 0.188. The summed E-state index contributed by atoms with van der Waals surface area (Å²) < 4.78 is 6.97. The maximum atomic E-state index is 12.1. The molecule has 6 nitrogen and oxygen atoms in total. The number of nitrogens with zero attached hydrogens (tertiary/aromatic N) is 3. The minimum atomic E-state index is -0.351. The van der Waals surface area contributed by atoms with Crippen LogP contribution < -0.4 is 5.32 Å². The highest BCUT2D eigenvalue weighted by atomic mass is 16.3. The smallest absolute Gasteiger partial charge is 0.244 e. The van der Waals surface area contributed by atoms with Crippen molar-refractivity contribution in [2.75, 3.05) is 0 Å². The first-order valence-corrected chi connectivity index (χ1v) is 6.98. The second-order valence-corrected chi connectivity index (χ2v) is 4.94. The third-order valence-electron chi connectivity index (χ3n) is 3.37. The van der Waals surface area contributed by atoms with Gasteiger partial charge in [0.2, 0.25) is 5.91 Å². The Balaban J connectivity index is 1.64. The number of aromatic nitrogens is 3. The Kier molecular flexibility index (Phi) is 4.00. The minimum absolute atomic E-state index is 0.0906. The maximum Gasteiger partial charge on any atom is 0.244 e. The van der Waals surface area contributed by atoms with Gasteiger partial charge in [0, 0.05) is 36.9 Å². The van der Waals surface area contributed by atoms with Crippen molar-refractivity contribution in [1.29, 1.82) is 0 Å². The SMILES string of the molecule is CC(C(=O)NCc1cncc(-c2ccco2)c1)n1cccn1. The van der Waals surface area contributed by atoms with E-state index in [1.54, 1.807) is 48.7 Å². The van der Waals surface area contributed by atoms with Crippen LogP contribution in [0.25, 0.3) is 11.3 Å². The molecule has 0 fully saturated rings. The van der Waals surface area contributed by atoms with E-state index in [1.807, 2.05) is 18.2 Å². The molecule has 0 radical (unpaired) electrons. The fourth-order valence-electron chi connectivity index (χ4n) is 2.13. The Morgan fingerprint density at radius 2 is 2.32 bits per heavy atom. The molecule has 0 saturated carbocycles. The van der Waals surface area contributed by atoms with Crippen LogP contribution in [0.15, 0.2) is 59.7 Å². The minimum Gasteiger partial charge on any atom is -0.464 e. The molecule has 3 rings (SSSR count). The van der Waals surface area contributed by atoms with Gasteiger partial charge in [-0.1, -0.05) is 0 Å². The topological polar surface area (TPSA) is 73.0 Å². The second-order valence-electron chi connectivity index (χ2n) is 4.94. The van der Waals surface area contributed by atoms with Crippen LogP contribution in [0.2, 0.25) is 0 Å². The Labute approximate surface area is 127 Å². The van der Waals surface area contributed by atoms with Crippen LogP contribution in [0.5, 0.6) is 0 Å². The summed E-state index contributed by atoms with van der Waals surface area (Å²) in [4.78, 5) is 16.3. The number of nitrogens with one attached hydrogen (secondary N) is 1. The number of pyridine rings is 1. The molecular formula is C16H16N4O2. The van der Waals surface area contributed by atoms with E-state index in [0.29, 0.717) is 6.54 Å². The Hall–Kier alpha value is -2.89. The monoisotopic (exact) mass is 296 g/mol. The Morgan fingerprint density at radius 3 is 3.05 bits per heavy atom. The Morgan fingerprint density at radius 1 is 1.41 bits per heavy atom. The van der Waals surface area contributed by atoms with E-state index in [1.165, 1.54) is 0 Å². The van der Waals surface area contributed by atoms with Crippen LogP contribution in [-0.4, -0.2) is 20.7 Å². The predicted octanol–water partition coefficient (Wildman–Crippen LogP) is 2.42. The first-order chi connectivity index (χ1) is 10.7. The van der Waals surface area contributed by atoms with Crippen molar-refractivity contribution in [3.8, 4) is 11.3 Å². The summed E-state index contributed by atoms with van der Waals surface area (Å²) in [6, 6.07) is 7.09. The summed E-state index contributed by atoms with van der Waals surface area (Å²) in [5, 5.41) is 6.96. The molecule has 1 atom stereocenters. The van der Waals surface area contributed by atoms with E-state index < -0.39 is 0 Å². The molecule has 22 heavy (non-hydrogen) atoms. The summed E-state index contributed by atoms with van der Waals surface area (Å²) in [6.45, 7) is 2.21. The van der Waals surface area contributed by atoms with Gasteiger partial charge in [0.05, 0.1) is 6.26 Å². The molecule has 0 aliphatic rings. The Bertz CT molecular complexity index is 735. The van der Waals surface area contributed by atoms with E-state index in [4.69, 9.17) is 4.42 Å². The lowest BCUT2D eigenvalue weighted by Gasteiger charge is -2.12. The molecule has 1 unspecified atom stereocenters. The largest absolute Gasteiger partial charge is 0.464 e. The highest BCUT2D eigenvalue weighted by molar-refractivity contribution is 5.79. The van der Waals surface area contributed by atoms with Crippen LogP contribution in [0.4, 0.5) is 0 Å². The van der Waals surface area contributed by atoms with E-state index in [0.717, 1.165) is 16.9 Å². The number of hydrogen-bond acceptors (Lipinski definition) is 4. The number of carbonyl (C=O) groups excluding carboxylic acids is 1. The van der Waals surface area contributed by atoms with Crippen LogP contribution in [0.1, 0.15) is 18.5 Å². The molecule has 0 spiro atoms. The summed E-state index contributed by atoms with van der Waals surface area (Å²) in [7, 11) is 0. The lowest BCUT2D eigenvalue weighted by atomic mass is 10.1. The first kappa shape index (κ1) is 14.1. The molecule has 3 heterocycles. The summed E-state index contributed by atoms with van der Waals surface area (Å²) in [5.41, 5.74) is 1.80. The van der Waals surface area contributed by atoms with Gasteiger partial charge in [-0.2, -0.15) is 5.10 Å². The van der Waals surface area contributed by atoms with E-state index in [2.05, 4.69) is 15.4 Å². The molecule has 0 aromatic carbocycles. The third kappa shape index (κ3) is 3.06. The molecular weight excluding hydrogens is 280 g/mol. The molecule has 0 aliphatic carbocycles. The zero-order valence-electron chi connectivity index (χ0n) is 12.1. The molecule has 1 amide bonds. The normalized spacial score (nSPS) is 12.0.